The zero-order chi connectivity index (χ0) is 20.6. The van der Waals surface area contributed by atoms with Crippen LogP contribution in [0, 0.1) is 0 Å². The molecule has 1 aliphatic heterocycles. The second-order valence-corrected chi connectivity index (χ2v) is 6.46. The Hall–Kier alpha value is -3.14. The molecule has 3 rings (SSSR count). The Labute approximate surface area is 163 Å². The molecule has 1 N–H and O–H groups in total. The van der Waals surface area contributed by atoms with Gasteiger partial charge in [0.1, 0.15) is 11.3 Å². The normalized spacial score (nSPS) is 16.5. The van der Waals surface area contributed by atoms with E-state index >= 15 is 0 Å². The van der Waals surface area contributed by atoms with Gasteiger partial charge in [0.25, 0.3) is 11.8 Å². The second-order valence-electron chi connectivity index (χ2n) is 6.08. The minimum absolute atomic E-state index is 0.107. The number of nitrogens with one attached hydrogen (secondary N) is 1. The molecule has 0 unspecified atom stereocenters. The van der Waals surface area contributed by atoms with Crippen LogP contribution in [0.1, 0.15) is 11.3 Å². The highest BCUT2D eigenvalue weighted by Crippen LogP contribution is 2.32. The summed E-state index contributed by atoms with van der Waals surface area (Å²) < 4.78 is 44.5. The molecule has 1 fully saturated rings. The quantitative estimate of drug-likeness (QED) is 0.479. The number of furan rings is 1. The number of alkyl halides is 3. The number of hydrogen-bond acceptors (Lipinski definition) is 5. The van der Waals surface area contributed by atoms with Crippen LogP contribution in [0.2, 0.25) is 0 Å². The van der Waals surface area contributed by atoms with Crippen molar-refractivity contribution >= 4 is 46.8 Å². The molecule has 28 heavy (non-hydrogen) atoms. The molecule has 0 bridgehead atoms. The van der Waals surface area contributed by atoms with Crippen LogP contribution >= 0.6 is 12.2 Å². The lowest BCUT2D eigenvalue weighted by Gasteiger charge is -2.29. The predicted molar refractivity (Wildman–Crippen MR) is 101 cm³/mol. The van der Waals surface area contributed by atoms with Crippen molar-refractivity contribution in [1.82, 2.24) is 5.32 Å². The molecule has 2 heterocycles. The Morgan fingerprint density at radius 3 is 2.50 bits per heavy atom. The Morgan fingerprint density at radius 1 is 1.18 bits per heavy atom. The molecule has 1 aliphatic rings. The highest BCUT2D eigenvalue weighted by atomic mass is 32.1. The minimum Gasteiger partial charge on any atom is -0.441 e. The van der Waals surface area contributed by atoms with Gasteiger partial charge < -0.3 is 9.32 Å². The van der Waals surface area contributed by atoms with E-state index in [4.69, 9.17) is 16.6 Å². The highest BCUT2D eigenvalue weighted by molar-refractivity contribution is 7.80. The number of halogens is 3. The van der Waals surface area contributed by atoms with Gasteiger partial charge in [-0.15, -0.1) is 0 Å². The fourth-order valence-corrected chi connectivity index (χ4v) is 2.80. The first-order chi connectivity index (χ1) is 13.1. The van der Waals surface area contributed by atoms with E-state index in [2.05, 4.69) is 5.32 Å². The van der Waals surface area contributed by atoms with Gasteiger partial charge in [0.05, 0.1) is 11.3 Å². The molecule has 1 saturated heterocycles. The number of thiocarbonyl (C=S) groups is 1. The van der Waals surface area contributed by atoms with Gasteiger partial charge in [-0.25, -0.2) is 0 Å². The summed E-state index contributed by atoms with van der Waals surface area (Å²) in [5.41, 5.74) is -1.36. The molecule has 2 amide bonds. The largest absolute Gasteiger partial charge is 0.441 e. The Morgan fingerprint density at radius 2 is 1.89 bits per heavy atom. The van der Waals surface area contributed by atoms with Crippen LogP contribution < -0.4 is 15.1 Å². The maximum absolute atomic E-state index is 13.0. The number of amides is 2. The summed E-state index contributed by atoms with van der Waals surface area (Å²) in [5, 5.41) is 2.01. The van der Waals surface area contributed by atoms with Crippen LogP contribution in [-0.4, -0.2) is 31.0 Å². The smallest absolute Gasteiger partial charge is 0.416 e. The average Bonchev–Trinajstić information content (AvgIpc) is 3.07. The lowest BCUT2D eigenvalue weighted by atomic mass is 10.1. The van der Waals surface area contributed by atoms with Crippen molar-refractivity contribution in [3.05, 3.63) is 53.3 Å². The van der Waals surface area contributed by atoms with Gasteiger partial charge in [-0.1, -0.05) is 6.07 Å². The van der Waals surface area contributed by atoms with Gasteiger partial charge in [0.15, 0.2) is 11.0 Å². The first-order valence-electron chi connectivity index (χ1n) is 7.94. The molecule has 146 valence electrons. The number of anilines is 2. The van der Waals surface area contributed by atoms with E-state index < -0.39 is 23.6 Å². The third-order valence-corrected chi connectivity index (χ3v) is 4.16. The van der Waals surface area contributed by atoms with Crippen molar-refractivity contribution in [3.8, 4) is 0 Å². The number of carbonyl (C=O) groups excluding carboxylic acids is 2. The summed E-state index contributed by atoms with van der Waals surface area (Å²) in [4.78, 5) is 27.6. The Balaban J connectivity index is 1.99. The van der Waals surface area contributed by atoms with Crippen LogP contribution in [0.3, 0.4) is 0 Å². The molecular formula is C18H14F3N3O3S. The summed E-state index contributed by atoms with van der Waals surface area (Å²) >= 11 is 4.99. The Bertz CT molecular complexity index is 995. The van der Waals surface area contributed by atoms with Gasteiger partial charge in [-0.3, -0.25) is 19.8 Å². The summed E-state index contributed by atoms with van der Waals surface area (Å²) in [7, 11) is 3.50. The van der Waals surface area contributed by atoms with Crippen molar-refractivity contribution in [2.75, 3.05) is 23.9 Å². The van der Waals surface area contributed by atoms with Gasteiger partial charge in [-0.2, -0.15) is 13.2 Å². The van der Waals surface area contributed by atoms with E-state index in [9.17, 15) is 22.8 Å². The average molecular weight is 409 g/mol. The van der Waals surface area contributed by atoms with Crippen LogP contribution in [0.25, 0.3) is 6.08 Å². The molecule has 0 spiro atoms. The Kier molecular flexibility index (Phi) is 4.99. The van der Waals surface area contributed by atoms with Crippen LogP contribution in [0.15, 0.2) is 46.4 Å². The molecule has 0 atom stereocenters. The first kappa shape index (κ1) is 19.6. The number of benzene rings is 1. The lowest BCUT2D eigenvalue weighted by molar-refractivity contribution is -0.137. The molecular weight excluding hydrogens is 395 g/mol. The number of hydrogen-bond donors (Lipinski definition) is 1. The van der Waals surface area contributed by atoms with Crippen molar-refractivity contribution < 1.29 is 27.2 Å². The van der Waals surface area contributed by atoms with E-state index in [0.717, 1.165) is 23.1 Å². The SMILES string of the molecule is CN(C)c1ccc(/C=C2\C(=O)NC(=S)N(c3cccc(C(F)(F)F)c3)C2=O)o1. The van der Waals surface area contributed by atoms with Crippen molar-refractivity contribution in [2.24, 2.45) is 0 Å². The zero-order valence-electron chi connectivity index (χ0n) is 14.7. The topological polar surface area (TPSA) is 65.8 Å². The summed E-state index contributed by atoms with van der Waals surface area (Å²) in [6.45, 7) is 0. The fraction of sp³-hybridized carbons (Fsp3) is 0.167. The third kappa shape index (κ3) is 3.77. The van der Waals surface area contributed by atoms with E-state index in [1.54, 1.807) is 31.1 Å². The maximum atomic E-state index is 13.0. The second kappa shape index (κ2) is 7.12. The van der Waals surface area contributed by atoms with E-state index in [1.165, 1.54) is 12.1 Å². The van der Waals surface area contributed by atoms with Gasteiger partial charge >= 0.3 is 6.18 Å². The van der Waals surface area contributed by atoms with Gasteiger partial charge in [0.2, 0.25) is 0 Å². The third-order valence-electron chi connectivity index (χ3n) is 3.87. The predicted octanol–water partition coefficient (Wildman–Crippen LogP) is 3.20. The van der Waals surface area contributed by atoms with Gasteiger partial charge in [-0.05, 0) is 42.6 Å². The maximum Gasteiger partial charge on any atom is 0.416 e. The number of carbonyl (C=O) groups is 2. The molecule has 1 aromatic carbocycles. The van der Waals surface area contributed by atoms with E-state index in [-0.39, 0.29) is 22.1 Å². The molecule has 2 aromatic rings. The van der Waals surface area contributed by atoms with Crippen LogP contribution in [0.4, 0.5) is 24.7 Å². The first-order valence-corrected chi connectivity index (χ1v) is 8.34. The van der Waals surface area contributed by atoms with E-state index in [0.29, 0.717) is 5.88 Å². The summed E-state index contributed by atoms with van der Waals surface area (Å²) in [5.74, 6) is -0.878. The molecule has 0 radical (unpaired) electrons. The number of nitrogens with zero attached hydrogens (tertiary/aromatic N) is 2. The monoisotopic (exact) mass is 409 g/mol. The molecule has 0 aliphatic carbocycles. The van der Waals surface area contributed by atoms with Crippen LogP contribution in [-0.2, 0) is 15.8 Å². The number of rotatable bonds is 3. The lowest BCUT2D eigenvalue weighted by Crippen LogP contribution is -2.54. The van der Waals surface area contributed by atoms with Crippen molar-refractivity contribution in [1.29, 1.82) is 0 Å². The zero-order valence-corrected chi connectivity index (χ0v) is 15.5. The van der Waals surface area contributed by atoms with E-state index in [1.807, 2.05) is 0 Å². The van der Waals surface area contributed by atoms with Gasteiger partial charge in [0, 0.05) is 20.2 Å². The van der Waals surface area contributed by atoms with Crippen LogP contribution in [0.5, 0.6) is 0 Å². The molecule has 6 nitrogen and oxygen atoms in total. The standard InChI is InChI=1S/C18H14F3N3O3S/c1-23(2)14-7-6-12(27-14)9-13-15(25)22-17(28)24(16(13)26)11-5-3-4-10(8-11)18(19,20)21/h3-9H,1-2H3,(H,22,25,28)/b13-9+. The molecule has 10 heteroatoms. The highest BCUT2D eigenvalue weighted by Gasteiger charge is 2.36. The molecule has 1 aromatic heterocycles. The van der Waals surface area contributed by atoms with Crippen molar-refractivity contribution in [3.63, 3.8) is 0 Å². The molecule has 0 saturated carbocycles. The summed E-state index contributed by atoms with van der Waals surface area (Å²) in [6.07, 6.45) is -3.37. The summed E-state index contributed by atoms with van der Waals surface area (Å²) in [6, 6.07) is 7.32. The fourth-order valence-electron chi connectivity index (χ4n) is 2.52. The van der Waals surface area contributed by atoms with Crippen molar-refractivity contribution in [2.45, 2.75) is 6.18 Å². The minimum atomic E-state index is -4.59.